The van der Waals surface area contributed by atoms with Gasteiger partial charge in [0.05, 0.1) is 16.8 Å². The van der Waals surface area contributed by atoms with Crippen LogP contribution in [0.25, 0.3) is 86.2 Å². The quantitative estimate of drug-likeness (QED) is 0.147. The Bertz CT molecular complexity index is 4120. The first-order chi connectivity index (χ1) is 35.2. The van der Waals surface area contributed by atoms with E-state index in [0.717, 1.165) is 22.6 Å². The first kappa shape index (κ1) is 41.2. The third-order valence-corrected chi connectivity index (χ3v) is 16.0. The molecule has 2 heteroatoms. The minimum Gasteiger partial charge on any atom is -0.309 e. The van der Waals surface area contributed by atoms with Crippen molar-refractivity contribution in [3.8, 4) is 44.5 Å². The molecule has 0 amide bonds. The monoisotopic (exact) mass is 919 g/mol. The van der Waals surface area contributed by atoms with Crippen molar-refractivity contribution in [2.75, 3.05) is 4.90 Å². The second-order valence-corrected chi connectivity index (χ2v) is 19.8. The Hall–Kier alpha value is -8.82. The molecular formula is C69H45NS. The van der Waals surface area contributed by atoms with Crippen LogP contribution in [0.2, 0.25) is 0 Å². The van der Waals surface area contributed by atoms with Gasteiger partial charge in [-0.1, -0.05) is 237 Å². The highest BCUT2D eigenvalue weighted by atomic mass is 32.1. The maximum absolute atomic E-state index is 2.59. The largest absolute Gasteiger partial charge is 0.309 e. The maximum atomic E-state index is 2.59. The molecule has 0 spiro atoms. The van der Waals surface area contributed by atoms with Gasteiger partial charge in [-0.05, 0) is 114 Å². The van der Waals surface area contributed by atoms with Crippen molar-refractivity contribution >= 4 is 70.1 Å². The number of fused-ring (bicyclic) bond motifs is 9. The lowest BCUT2D eigenvalue weighted by Crippen LogP contribution is -2.30. The molecule has 0 radical (unpaired) electrons. The molecule has 0 fully saturated rings. The Morgan fingerprint density at radius 1 is 0.324 bits per heavy atom. The zero-order valence-corrected chi connectivity index (χ0v) is 39.7. The molecule has 0 atom stereocenters. The number of thiophene rings is 1. The molecule has 14 rings (SSSR count). The molecule has 1 aliphatic rings. The smallest absolute Gasteiger partial charge is 0.0734 e. The second kappa shape index (κ2) is 16.7. The summed E-state index contributed by atoms with van der Waals surface area (Å²) in [6, 6.07) is 101. The molecule has 1 aromatic heterocycles. The van der Waals surface area contributed by atoms with Crippen LogP contribution in [0, 0.1) is 0 Å². The fraction of sp³-hybridized carbons (Fsp3) is 0.0145. The summed E-state index contributed by atoms with van der Waals surface area (Å²) in [5.41, 5.74) is 17.3. The molecule has 0 saturated carbocycles. The van der Waals surface area contributed by atoms with Crippen LogP contribution in [-0.2, 0) is 5.41 Å². The van der Waals surface area contributed by atoms with E-state index in [0.29, 0.717) is 0 Å². The molecule has 1 nitrogen and oxygen atoms in total. The zero-order valence-electron chi connectivity index (χ0n) is 38.8. The van der Waals surface area contributed by atoms with E-state index in [1.54, 1.807) is 0 Å². The highest BCUT2D eigenvalue weighted by Crippen LogP contribution is 2.61. The summed E-state index contributed by atoms with van der Waals surface area (Å²) in [4.78, 5) is 2.59. The summed E-state index contributed by atoms with van der Waals surface area (Å²) >= 11 is 1.88. The molecule has 0 bridgehead atoms. The molecule has 1 aliphatic carbocycles. The van der Waals surface area contributed by atoms with Crippen LogP contribution in [-0.4, -0.2) is 0 Å². The molecular weight excluding hydrogens is 875 g/mol. The summed E-state index contributed by atoms with van der Waals surface area (Å²) in [7, 11) is 0. The molecule has 0 aliphatic heterocycles. The minimum atomic E-state index is -0.643. The summed E-state index contributed by atoms with van der Waals surface area (Å²) < 4.78 is 2.59. The molecule has 1 heterocycles. The third kappa shape index (κ3) is 6.46. The van der Waals surface area contributed by atoms with E-state index >= 15 is 0 Å². The van der Waals surface area contributed by atoms with E-state index in [1.807, 2.05) is 11.3 Å². The number of hydrogen-bond acceptors (Lipinski definition) is 2. The van der Waals surface area contributed by atoms with Crippen LogP contribution < -0.4 is 4.90 Å². The summed E-state index contributed by atoms with van der Waals surface area (Å²) in [5, 5.41) is 7.61. The van der Waals surface area contributed by atoms with E-state index < -0.39 is 5.41 Å². The first-order valence-corrected chi connectivity index (χ1v) is 25.3. The second-order valence-electron chi connectivity index (χ2n) is 18.7. The lowest BCUT2D eigenvalue weighted by Gasteiger charge is -2.38. The highest BCUT2D eigenvalue weighted by molar-refractivity contribution is 7.26. The number of benzene rings is 12. The molecule has 0 N–H and O–H groups in total. The van der Waals surface area contributed by atoms with Crippen LogP contribution in [0.5, 0.6) is 0 Å². The van der Waals surface area contributed by atoms with Gasteiger partial charge >= 0.3 is 0 Å². The normalized spacial score (nSPS) is 12.6. The van der Waals surface area contributed by atoms with Gasteiger partial charge < -0.3 is 4.90 Å². The topological polar surface area (TPSA) is 3.24 Å². The SMILES string of the molecule is c1ccc(-c2c(-c3ccc4c(c3)sc3ccc5ccccc5c34)cccc2N(c2ccc3cccc(-c4ccccc4)c3c2)c2cccc3c2C(c2ccccc2)(c2ccccc2)c2ccccc2-3)cc1. The Kier molecular flexibility index (Phi) is 9.69. The van der Waals surface area contributed by atoms with Crippen LogP contribution in [0.4, 0.5) is 17.1 Å². The molecule has 0 unspecified atom stereocenters. The third-order valence-electron chi connectivity index (χ3n) is 14.9. The van der Waals surface area contributed by atoms with Gasteiger partial charge in [-0.3, -0.25) is 0 Å². The van der Waals surface area contributed by atoms with E-state index in [4.69, 9.17) is 0 Å². The van der Waals surface area contributed by atoms with Crippen LogP contribution in [0.1, 0.15) is 22.3 Å². The van der Waals surface area contributed by atoms with Crippen molar-refractivity contribution in [3.05, 3.63) is 295 Å². The van der Waals surface area contributed by atoms with E-state index in [2.05, 4.69) is 278 Å². The number of nitrogens with zero attached hydrogens (tertiary/aromatic N) is 1. The Labute approximate surface area is 417 Å². The van der Waals surface area contributed by atoms with Crippen molar-refractivity contribution in [1.29, 1.82) is 0 Å². The van der Waals surface area contributed by atoms with Crippen LogP contribution >= 0.6 is 11.3 Å². The van der Waals surface area contributed by atoms with Crippen molar-refractivity contribution in [2.45, 2.75) is 5.41 Å². The standard InChI is InChI=1S/C69H45NS/c1-5-20-46(21-6-1)54-32-17-25-48-38-41-53(45-60(48)54)70(63-37-19-34-58-57-31-15-16-35-61(57)69(68(58)63,51-26-9-3-10-27-51)52-28-11-4-12-29-52)62-36-18-33-56(66(62)49-23-7-2-8-24-49)50-39-42-59-65(44-50)71-64-43-40-47-22-13-14-30-55(47)67(59)64/h1-45H. The van der Waals surface area contributed by atoms with Gasteiger partial charge in [0, 0.05) is 37.0 Å². The summed E-state index contributed by atoms with van der Waals surface area (Å²) in [5.74, 6) is 0. The van der Waals surface area contributed by atoms with Crippen LogP contribution in [0.3, 0.4) is 0 Å². The average molecular weight is 920 g/mol. The van der Waals surface area contributed by atoms with Crippen molar-refractivity contribution in [1.82, 2.24) is 0 Å². The highest BCUT2D eigenvalue weighted by Gasteiger charge is 2.48. The maximum Gasteiger partial charge on any atom is 0.0734 e. The first-order valence-electron chi connectivity index (χ1n) is 24.5. The molecule has 12 aromatic carbocycles. The van der Waals surface area contributed by atoms with Gasteiger partial charge in [0.2, 0.25) is 0 Å². The molecule has 0 saturated heterocycles. The van der Waals surface area contributed by atoms with Gasteiger partial charge in [0.1, 0.15) is 0 Å². The Morgan fingerprint density at radius 3 is 1.68 bits per heavy atom. The lowest BCUT2D eigenvalue weighted by molar-refractivity contribution is 0.768. The molecule has 13 aromatic rings. The number of hydrogen-bond donors (Lipinski definition) is 0. The average Bonchev–Trinajstić information content (AvgIpc) is 3.98. The summed E-state index contributed by atoms with van der Waals surface area (Å²) in [6.07, 6.45) is 0. The number of anilines is 3. The predicted molar refractivity (Wildman–Crippen MR) is 303 cm³/mol. The van der Waals surface area contributed by atoms with Gasteiger partial charge in [-0.25, -0.2) is 0 Å². The predicted octanol–water partition coefficient (Wildman–Crippen LogP) is 19.2. The Balaban J connectivity index is 1.09. The van der Waals surface area contributed by atoms with Gasteiger partial charge in [0.15, 0.2) is 0 Å². The van der Waals surface area contributed by atoms with Crippen LogP contribution in [0.15, 0.2) is 273 Å². The molecule has 71 heavy (non-hydrogen) atoms. The van der Waals surface area contributed by atoms with Crippen molar-refractivity contribution in [2.24, 2.45) is 0 Å². The fourth-order valence-corrected chi connectivity index (χ4v) is 13.1. The van der Waals surface area contributed by atoms with Crippen molar-refractivity contribution in [3.63, 3.8) is 0 Å². The summed E-state index contributed by atoms with van der Waals surface area (Å²) in [6.45, 7) is 0. The van der Waals surface area contributed by atoms with Gasteiger partial charge in [0.25, 0.3) is 0 Å². The van der Waals surface area contributed by atoms with Crippen molar-refractivity contribution < 1.29 is 0 Å². The van der Waals surface area contributed by atoms with Gasteiger partial charge in [-0.2, -0.15) is 0 Å². The number of rotatable bonds is 8. The lowest BCUT2D eigenvalue weighted by atomic mass is 9.67. The van der Waals surface area contributed by atoms with Gasteiger partial charge in [-0.15, -0.1) is 11.3 Å². The Morgan fingerprint density at radius 2 is 0.901 bits per heavy atom. The fourth-order valence-electron chi connectivity index (χ4n) is 11.9. The van der Waals surface area contributed by atoms with E-state index in [9.17, 15) is 0 Å². The minimum absolute atomic E-state index is 0.643. The molecule has 332 valence electrons. The zero-order chi connectivity index (χ0) is 46.9. The van der Waals surface area contributed by atoms with E-state index in [-0.39, 0.29) is 0 Å². The van der Waals surface area contributed by atoms with E-state index in [1.165, 1.54) is 103 Å².